The van der Waals surface area contributed by atoms with E-state index in [1.165, 1.54) is 41.7 Å². The second-order valence-corrected chi connectivity index (χ2v) is 13.1. The highest BCUT2D eigenvalue weighted by Gasteiger charge is 2.51. The molecule has 0 aromatic heterocycles. The minimum absolute atomic E-state index is 0.00365. The number of allylic oxidation sites excluding steroid dienone is 1. The highest BCUT2D eigenvalue weighted by Crippen LogP contribution is 2.60. The third-order valence-electron chi connectivity index (χ3n) is 10.5. The van der Waals surface area contributed by atoms with E-state index in [1.807, 2.05) is 4.90 Å². The van der Waals surface area contributed by atoms with E-state index in [2.05, 4.69) is 45.9 Å². The molecule has 212 valence electrons. The second kappa shape index (κ2) is 10.4. The normalized spacial score (nSPS) is 34.2. The molecule has 2 unspecified atom stereocenters. The topological polar surface area (TPSA) is 72.9 Å². The van der Waals surface area contributed by atoms with E-state index in [4.69, 9.17) is 9.47 Å². The lowest BCUT2D eigenvalue weighted by Crippen LogP contribution is -2.56. The van der Waals surface area contributed by atoms with E-state index in [-0.39, 0.29) is 53.3 Å². The summed E-state index contributed by atoms with van der Waals surface area (Å²) in [5.41, 5.74) is 7.13. The number of hydrogen-bond acceptors (Lipinski definition) is 5. The number of nitrogens with zero attached hydrogens (tertiary/aromatic N) is 1. The van der Waals surface area contributed by atoms with Gasteiger partial charge in [0.25, 0.3) is 0 Å². The predicted octanol–water partition coefficient (Wildman–Crippen LogP) is 6.00. The van der Waals surface area contributed by atoms with Crippen LogP contribution in [0.3, 0.4) is 0 Å². The van der Waals surface area contributed by atoms with Gasteiger partial charge in [-0.15, -0.1) is 0 Å². The smallest absolute Gasteiger partial charge is 0.302 e. The highest BCUT2D eigenvalue weighted by molar-refractivity contribution is 5.74. The molecule has 1 amide bonds. The van der Waals surface area contributed by atoms with Gasteiger partial charge in [0.2, 0.25) is 5.91 Å². The lowest BCUT2D eigenvalue weighted by atomic mass is 9.57. The Bertz CT molecular complexity index is 1200. The standard InChI is InChI=1S/C33H45NO5/c1-18-14-31(39-23(6)37)32(34(17-18)21(4)35)20(3)26-10-11-27-28-9-8-24-15-25(38-22(5)36)12-13-33(24,7)30(28)16-29(27)19(26)2/h8,10-11,18,20,25,28,30-32H,9,12-17H2,1-7H3/t18-,20-,25?,28-,30-,31?,32-,33-/m0/s1. The molecule has 0 radical (unpaired) electrons. The summed E-state index contributed by atoms with van der Waals surface area (Å²) >= 11 is 0. The first-order valence-electron chi connectivity index (χ1n) is 14.8. The fraction of sp³-hybridized carbons (Fsp3) is 0.667. The van der Waals surface area contributed by atoms with Crippen molar-refractivity contribution in [3.05, 3.63) is 46.0 Å². The van der Waals surface area contributed by atoms with Crippen molar-refractivity contribution in [3.63, 3.8) is 0 Å². The van der Waals surface area contributed by atoms with Crippen molar-refractivity contribution in [2.75, 3.05) is 6.54 Å². The van der Waals surface area contributed by atoms with Gasteiger partial charge in [-0.3, -0.25) is 14.4 Å². The monoisotopic (exact) mass is 535 g/mol. The number of fused-ring (bicyclic) bond motifs is 5. The predicted molar refractivity (Wildman–Crippen MR) is 150 cm³/mol. The van der Waals surface area contributed by atoms with Gasteiger partial charge in [-0.25, -0.2) is 0 Å². The number of rotatable bonds is 4. The number of carbonyl (C=O) groups excluding carboxylic acids is 3. The van der Waals surface area contributed by atoms with Gasteiger partial charge in [-0.1, -0.05) is 44.6 Å². The third-order valence-corrected chi connectivity index (χ3v) is 10.5. The number of carbonyl (C=O) groups is 3. The summed E-state index contributed by atoms with van der Waals surface area (Å²) < 4.78 is 11.4. The zero-order valence-corrected chi connectivity index (χ0v) is 24.7. The highest BCUT2D eigenvalue weighted by atomic mass is 16.5. The van der Waals surface area contributed by atoms with Gasteiger partial charge in [0.15, 0.2) is 0 Å². The van der Waals surface area contributed by atoms with E-state index >= 15 is 0 Å². The van der Waals surface area contributed by atoms with Crippen LogP contribution < -0.4 is 0 Å². The summed E-state index contributed by atoms with van der Waals surface area (Å²) in [6, 6.07) is 4.45. The number of hydrogen-bond donors (Lipinski definition) is 0. The van der Waals surface area contributed by atoms with Crippen molar-refractivity contribution in [1.29, 1.82) is 0 Å². The van der Waals surface area contributed by atoms with Crippen LogP contribution in [0.5, 0.6) is 0 Å². The first-order chi connectivity index (χ1) is 18.4. The molecule has 1 saturated carbocycles. The molecule has 8 atom stereocenters. The minimum atomic E-state index is -0.307. The first-order valence-corrected chi connectivity index (χ1v) is 14.8. The summed E-state index contributed by atoms with van der Waals surface area (Å²) in [6.07, 6.45) is 7.83. The molecule has 2 fully saturated rings. The van der Waals surface area contributed by atoms with E-state index in [9.17, 15) is 14.4 Å². The Balaban J connectivity index is 1.44. The molecule has 0 N–H and O–H groups in total. The van der Waals surface area contributed by atoms with Gasteiger partial charge in [0, 0.05) is 39.7 Å². The van der Waals surface area contributed by atoms with Gasteiger partial charge in [-0.2, -0.15) is 0 Å². The fourth-order valence-electron chi connectivity index (χ4n) is 8.71. The van der Waals surface area contributed by atoms with Gasteiger partial charge < -0.3 is 14.4 Å². The molecular formula is C33H45NO5. The van der Waals surface area contributed by atoms with Crippen molar-refractivity contribution < 1.29 is 23.9 Å². The van der Waals surface area contributed by atoms with Crippen molar-refractivity contribution in [2.45, 2.75) is 117 Å². The summed E-state index contributed by atoms with van der Waals surface area (Å²) in [5.74, 6) is 0.954. The van der Waals surface area contributed by atoms with Crippen LogP contribution in [0.4, 0.5) is 0 Å². The molecule has 0 bridgehead atoms. The van der Waals surface area contributed by atoms with Crippen LogP contribution in [0.2, 0.25) is 0 Å². The first kappa shape index (κ1) is 27.9. The van der Waals surface area contributed by atoms with Crippen LogP contribution in [0.1, 0.15) is 108 Å². The Labute approximate surface area is 233 Å². The van der Waals surface area contributed by atoms with E-state index in [0.717, 1.165) is 38.5 Å². The van der Waals surface area contributed by atoms with Crippen LogP contribution in [0.25, 0.3) is 0 Å². The maximum Gasteiger partial charge on any atom is 0.302 e. The molecule has 1 aromatic rings. The van der Waals surface area contributed by atoms with Gasteiger partial charge in [-0.05, 0) is 84.5 Å². The van der Waals surface area contributed by atoms with Crippen LogP contribution in [-0.4, -0.2) is 47.5 Å². The van der Waals surface area contributed by atoms with Crippen LogP contribution in [-0.2, 0) is 30.3 Å². The van der Waals surface area contributed by atoms with E-state index < -0.39 is 0 Å². The molecule has 1 aliphatic heterocycles. The molecule has 5 rings (SSSR count). The Hall–Kier alpha value is -2.63. The lowest BCUT2D eigenvalue weighted by molar-refractivity contribution is -0.160. The number of amides is 1. The Morgan fingerprint density at radius 3 is 2.46 bits per heavy atom. The third kappa shape index (κ3) is 4.93. The number of piperidine rings is 1. The SMILES string of the molecule is CC(=O)OC1CC[C@@]2(C)C(=CC[C@H]3c4ccc([C@H](C)[C@H]5C(OC(C)=O)C[C@H](C)CN5C(C)=O)c(C)c4C[C@@H]32)C1. The Kier molecular flexibility index (Phi) is 7.45. The van der Waals surface area contributed by atoms with Crippen molar-refractivity contribution in [2.24, 2.45) is 17.3 Å². The molecule has 0 spiro atoms. The van der Waals surface area contributed by atoms with E-state index in [1.54, 1.807) is 6.92 Å². The van der Waals surface area contributed by atoms with Gasteiger partial charge >= 0.3 is 11.9 Å². The maximum atomic E-state index is 12.8. The number of benzene rings is 1. The molecule has 39 heavy (non-hydrogen) atoms. The molecule has 1 saturated heterocycles. The summed E-state index contributed by atoms with van der Waals surface area (Å²) in [6.45, 7) is 14.3. The summed E-state index contributed by atoms with van der Waals surface area (Å²) in [7, 11) is 0. The van der Waals surface area contributed by atoms with Crippen LogP contribution >= 0.6 is 0 Å². The zero-order chi connectivity index (χ0) is 28.2. The summed E-state index contributed by atoms with van der Waals surface area (Å²) in [5, 5.41) is 0. The Morgan fingerprint density at radius 1 is 1.08 bits per heavy atom. The van der Waals surface area contributed by atoms with Gasteiger partial charge in [0.05, 0.1) is 6.04 Å². The molecule has 6 nitrogen and oxygen atoms in total. The molecule has 6 heteroatoms. The minimum Gasteiger partial charge on any atom is -0.462 e. The van der Waals surface area contributed by atoms with E-state index in [0.29, 0.717) is 18.4 Å². The van der Waals surface area contributed by atoms with Gasteiger partial charge in [0.1, 0.15) is 12.2 Å². The average Bonchev–Trinajstić information content (AvgIpc) is 3.24. The number of ether oxygens (including phenoxy) is 2. The zero-order valence-electron chi connectivity index (χ0n) is 24.7. The number of esters is 2. The molecule has 4 aliphatic rings. The molecule has 1 heterocycles. The fourth-order valence-corrected chi connectivity index (χ4v) is 8.71. The lowest BCUT2D eigenvalue weighted by Gasteiger charge is -2.48. The average molecular weight is 536 g/mol. The Morgan fingerprint density at radius 2 is 1.79 bits per heavy atom. The number of likely N-dealkylation sites (tertiary alicyclic amines) is 1. The van der Waals surface area contributed by atoms with Crippen LogP contribution in [0, 0.1) is 24.2 Å². The quantitative estimate of drug-likeness (QED) is 0.350. The van der Waals surface area contributed by atoms with Crippen molar-refractivity contribution >= 4 is 17.8 Å². The molecular weight excluding hydrogens is 490 g/mol. The summed E-state index contributed by atoms with van der Waals surface area (Å²) in [4.78, 5) is 38.3. The second-order valence-electron chi connectivity index (χ2n) is 13.1. The van der Waals surface area contributed by atoms with Crippen LogP contribution in [0.15, 0.2) is 23.8 Å². The largest absolute Gasteiger partial charge is 0.462 e. The van der Waals surface area contributed by atoms with Crippen molar-refractivity contribution in [1.82, 2.24) is 4.90 Å². The van der Waals surface area contributed by atoms with Crippen molar-refractivity contribution in [3.8, 4) is 0 Å². The molecule has 3 aliphatic carbocycles. The maximum absolute atomic E-state index is 12.8. The molecule has 1 aromatic carbocycles.